The molecular formula is C20H25ClN4O. The number of hydrogen-bond donors (Lipinski definition) is 2. The van der Waals surface area contributed by atoms with E-state index in [1.807, 2.05) is 0 Å². The summed E-state index contributed by atoms with van der Waals surface area (Å²) in [7, 11) is 0. The van der Waals surface area contributed by atoms with Crippen LogP contribution in [-0.2, 0) is 6.54 Å². The van der Waals surface area contributed by atoms with E-state index in [0.717, 1.165) is 19.5 Å². The number of likely N-dealkylation sites (tertiary alicyclic amines) is 1. The monoisotopic (exact) mass is 372 g/mol. The van der Waals surface area contributed by atoms with Crippen LogP contribution in [0.5, 0.6) is 0 Å². The number of rotatable bonds is 6. The van der Waals surface area contributed by atoms with Crippen molar-refractivity contribution in [3.63, 3.8) is 0 Å². The molecular weight excluding hydrogens is 348 g/mol. The van der Waals surface area contributed by atoms with E-state index in [0.29, 0.717) is 23.4 Å². The van der Waals surface area contributed by atoms with E-state index >= 15 is 0 Å². The molecule has 0 saturated carbocycles. The number of amides is 2. The van der Waals surface area contributed by atoms with E-state index in [2.05, 4.69) is 50.8 Å². The molecule has 0 spiro atoms. The molecule has 2 N–H and O–H groups in total. The maximum atomic E-state index is 12.0. The lowest BCUT2D eigenvalue weighted by molar-refractivity contribution is 0.132. The van der Waals surface area contributed by atoms with E-state index in [1.54, 1.807) is 18.3 Å². The number of aromatic nitrogens is 1. The summed E-state index contributed by atoms with van der Waals surface area (Å²) in [6.07, 6.45) is 6.21. The molecule has 2 heterocycles. The Hall–Kier alpha value is -2.11. The summed E-state index contributed by atoms with van der Waals surface area (Å²) in [5.74, 6) is 0. The summed E-state index contributed by atoms with van der Waals surface area (Å²) in [4.78, 5) is 18.5. The van der Waals surface area contributed by atoms with Gasteiger partial charge in [0.1, 0.15) is 5.15 Å². The Morgan fingerprint density at radius 3 is 2.81 bits per heavy atom. The summed E-state index contributed by atoms with van der Waals surface area (Å²) < 4.78 is 0. The zero-order chi connectivity index (χ0) is 18.2. The molecule has 1 aliphatic heterocycles. The number of nitrogens with one attached hydrogen (secondary N) is 2. The van der Waals surface area contributed by atoms with Crippen LogP contribution in [0.1, 0.15) is 31.2 Å². The number of anilines is 1. The Balaban J connectivity index is 1.44. The van der Waals surface area contributed by atoms with Gasteiger partial charge in [0.15, 0.2) is 0 Å². The summed E-state index contributed by atoms with van der Waals surface area (Å²) >= 11 is 5.75. The lowest BCUT2D eigenvalue weighted by atomic mass is 9.98. The van der Waals surface area contributed by atoms with Gasteiger partial charge in [0.25, 0.3) is 0 Å². The van der Waals surface area contributed by atoms with Gasteiger partial charge in [-0.05, 0) is 43.5 Å². The SMILES string of the molecule is O=C(NCC[C@@H]1CCCCN1Cc1ccccc1)Nc1ccc(Cl)nc1. The fourth-order valence-electron chi connectivity index (χ4n) is 3.39. The first-order valence-electron chi connectivity index (χ1n) is 9.15. The largest absolute Gasteiger partial charge is 0.338 e. The van der Waals surface area contributed by atoms with Gasteiger partial charge in [-0.1, -0.05) is 48.4 Å². The number of carbonyl (C=O) groups is 1. The number of benzene rings is 1. The predicted molar refractivity (Wildman–Crippen MR) is 105 cm³/mol. The second-order valence-corrected chi connectivity index (χ2v) is 7.03. The van der Waals surface area contributed by atoms with Gasteiger partial charge in [-0.15, -0.1) is 0 Å². The molecule has 138 valence electrons. The van der Waals surface area contributed by atoms with Crippen LogP contribution in [0.3, 0.4) is 0 Å². The standard InChI is InChI=1S/C20H25ClN4O/c21-19-10-9-17(14-23-19)24-20(26)22-12-11-18-8-4-5-13-25(18)15-16-6-2-1-3-7-16/h1-3,6-7,9-10,14,18H,4-5,8,11-13,15H2,(H2,22,24,26)/t18-/m0/s1. The van der Waals surface area contributed by atoms with Crippen LogP contribution in [0.2, 0.25) is 5.15 Å². The zero-order valence-electron chi connectivity index (χ0n) is 14.8. The molecule has 2 amide bonds. The number of hydrogen-bond acceptors (Lipinski definition) is 3. The number of halogens is 1. The molecule has 1 aliphatic rings. The molecule has 1 atom stereocenters. The molecule has 3 rings (SSSR count). The molecule has 0 unspecified atom stereocenters. The number of carbonyl (C=O) groups excluding carboxylic acids is 1. The second-order valence-electron chi connectivity index (χ2n) is 6.64. The Kier molecular flexibility index (Phi) is 6.86. The molecule has 1 fully saturated rings. The highest BCUT2D eigenvalue weighted by Gasteiger charge is 2.22. The highest BCUT2D eigenvalue weighted by Crippen LogP contribution is 2.21. The molecule has 0 aliphatic carbocycles. The zero-order valence-corrected chi connectivity index (χ0v) is 15.6. The van der Waals surface area contributed by atoms with Crippen LogP contribution in [0.15, 0.2) is 48.7 Å². The van der Waals surface area contributed by atoms with Crippen LogP contribution >= 0.6 is 11.6 Å². The Labute approximate surface area is 159 Å². The maximum absolute atomic E-state index is 12.0. The smallest absolute Gasteiger partial charge is 0.319 e. The fourth-order valence-corrected chi connectivity index (χ4v) is 3.50. The fraction of sp³-hybridized carbons (Fsp3) is 0.400. The Morgan fingerprint density at radius 1 is 1.19 bits per heavy atom. The third-order valence-electron chi connectivity index (χ3n) is 4.73. The average Bonchev–Trinajstić information content (AvgIpc) is 2.66. The number of piperidine rings is 1. The van der Waals surface area contributed by atoms with Crippen molar-refractivity contribution in [2.24, 2.45) is 0 Å². The first-order chi connectivity index (χ1) is 12.7. The molecule has 0 radical (unpaired) electrons. The van der Waals surface area contributed by atoms with Crippen molar-refractivity contribution in [3.8, 4) is 0 Å². The van der Waals surface area contributed by atoms with Gasteiger partial charge in [0, 0.05) is 19.1 Å². The minimum absolute atomic E-state index is 0.209. The van der Waals surface area contributed by atoms with Crippen molar-refractivity contribution < 1.29 is 4.79 Å². The van der Waals surface area contributed by atoms with Crippen molar-refractivity contribution >= 4 is 23.3 Å². The van der Waals surface area contributed by atoms with Gasteiger partial charge >= 0.3 is 6.03 Å². The average molecular weight is 373 g/mol. The Bertz CT molecular complexity index is 693. The molecule has 0 bridgehead atoms. The second kappa shape index (κ2) is 9.55. The summed E-state index contributed by atoms with van der Waals surface area (Å²) in [5.41, 5.74) is 1.98. The van der Waals surface area contributed by atoms with Crippen LogP contribution in [0, 0.1) is 0 Å². The van der Waals surface area contributed by atoms with Crippen molar-refractivity contribution in [2.75, 3.05) is 18.4 Å². The number of nitrogens with zero attached hydrogens (tertiary/aromatic N) is 2. The van der Waals surface area contributed by atoms with Crippen molar-refractivity contribution in [2.45, 2.75) is 38.3 Å². The van der Waals surface area contributed by atoms with Crippen LogP contribution in [-0.4, -0.2) is 35.0 Å². The van der Waals surface area contributed by atoms with Crippen LogP contribution in [0.25, 0.3) is 0 Å². The molecule has 1 saturated heterocycles. The van der Waals surface area contributed by atoms with Crippen molar-refractivity contribution in [1.82, 2.24) is 15.2 Å². The van der Waals surface area contributed by atoms with E-state index in [1.165, 1.54) is 24.8 Å². The first kappa shape index (κ1) is 18.7. The normalized spacial score (nSPS) is 17.7. The minimum Gasteiger partial charge on any atom is -0.338 e. The molecule has 6 heteroatoms. The highest BCUT2D eigenvalue weighted by molar-refractivity contribution is 6.29. The highest BCUT2D eigenvalue weighted by atomic mass is 35.5. The lowest BCUT2D eigenvalue weighted by Gasteiger charge is -2.36. The molecule has 5 nitrogen and oxygen atoms in total. The van der Waals surface area contributed by atoms with Gasteiger partial charge in [-0.2, -0.15) is 0 Å². The van der Waals surface area contributed by atoms with E-state index in [9.17, 15) is 4.79 Å². The van der Waals surface area contributed by atoms with E-state index in [-0.39, 0.29) is 6.03 Å². The molecule has 2 aromatic rings. The third kappa shape index (κ3) is 5.71. The summed E-state index contributed by atoms with van der Waals surface area (Å²) in [6, 6.07) is 14.3. The van der Waals surface area contributed by atoms with E-state index in [4.69, 9.17) is 11.6 Å². The van der Waals surface area contributed by atoms with Crippen LogP contribution < -0.4 is 10.6 Å². The number of urea groups is 1. The third-order valence-corrected chi connectivity index (χ3v) is 4.95. The number of pyridine rings is 1. The van der Waals surface area contributed by atoms with Crippen molar-refractivity contribution in [3.05, 3.63) is 59.4 Å². The van der Waals surface area contributed by atoms with Gasteiger partial charge in [-0.3, -0.25) is 4.90 Å². The van der Waals surface area contributed by atoms with Crippen molar-refractivity contribution in [1.29, 1.82) is 0 Å². The first-order valence-corrected chi connectivity index (χ1v) is 9.53. The minimum atomic E-state index is -0.209. The maximum Gasteiger partial charge on any atom is 0.319 e. The molecule has 1 aromatic carbocycles. The topological polar surface area (TPSA) is 57.3 Å². The van der Waals surface area contributed by atoms with Gasteiger partial charge in [-0.25, -0.2) is 9.78 Å². The summed E-state index contributed by atoms with van der Waals surface area (Å²) in [6.45, 7) is 2.76. The van der Waals surface area contributed by atoms with Crippen LogP contribution in [0.4, 0.5) is 10.5 Å². The molecule has 26 heavy (non-hydrogen) atoms. The Morgan fingerprint density at radius 2 is 2.04 bits per heavy atom. The van der Waals surface area contributed by atoms with Gasteiger partial charge in [0.05, 0.1) is 11.9 Å². The van der Waals surface area contributed by atoms with Gasteiger partial charge < -0.3 is 10.6 Å². The van der Waals surface area contributed by atoms with Gasteiger partial charge in [0.2, 0.25) is 0 Å². The lowest BCUT2D eigenvalue weighted by Crippen LogP contribution is -2.41. The predicted octanol–water partition coefficient (Wildman–Crippen LogP) is 4.30. The molecule has 1 aromatic heterocycles. The summed E-state index contributed by atoms with van der Waals surface area (Å²) in [5, 5.41) is 6.12. The quantitative estimate of drug-likeness (QED) is 0.743. The van der Waals surface area contributed by atoms with E-state index < -0.39 is 0 Å².